The van der Waals surface area contributed by atoms with E-state index in [1.165, 1.54) is 0 Å². The second kappa shape index (κ2) is 3.74. The standard InChI is InChI=1S/C9H14N2OS/c1-9(5-12-6-9)4-10-2-8-3-13-7-11-8/h3,7,10H,2,4-6H2,1H3. The fourth-order valence-electron chi connectivity index (χ4n) is 1.37. The van der Waals surface area contributed by atoms with Crippen molar-refractivity contribution in [3.63, 3.8) is 0 Å². The first-order valence-corrected chi connectivity index (χ1v) is 5.38. The van der Waals surface area contributed by atoms with Gasteiger partial charge in [-0.05, 0) is 0 Å². The van der Waals surface area contributed by atoms with Crippen molar-refractivity contribution < 1.29 is 4.74 Å². The molecule has 0 aliphatic carbocycles. The lowest BCUT2D eigenvalue weighted by atomic mass is 9.89. The number of hydrogen-bond donors (Lipinski definition) is 1. The van der Waals surface area contributed by atoms with Gasteiger partial charge in [0.1, 0.15) is 0 Å². The van der Waals surface area contributed by atoms with Gasteiger partial charge < -0.3 is 10.1 Å². The van der Waals surface area contributed by atoms with Crippen molar-refractivity contribution >= 4 is 11.3 Å². The fourth-order valence-corrected chi connectivity index (χ4v) is 1.93. The molecule has 0 saturated carbocycles. The van der Waals surface area contributed by atoms with E-state index < -0.39 is 0 Å². The third-order valence-corrected chi connectivity index (χ3v) is 2.88. The monoisotopic (exact) mass is 198 g/mol. The zero-order chi connectivity index (χ0) is 9.15. The Morgan fingerprint density at radius 1 is 1.69 bits per heavy atom. The van der Waals surface area contributed by atoms with Crippen molar-refractivity contribution in [2.24, 2.45) is 5.41 Å². The van der Waals surface area contributed by atoms with Crippen LogP contribution >= 0.6 is 11.3 Å². The van der Waals surface area contributed by atoms with Gasteiger partial charge in [-0.15, -0.1) is 11.3 Å². The average molecular weight is 198 g/mol. The predicted octanol–water partition coefficient (Wildman–Crippen LogP) is 1.27. The van der Waals surface area contributed by atoms with Crippen molar-refractivity contribution in [3.05, 3.63) is 16.6 Å². The highest BCUT2D eigenvalue weighted by Crippen LogP contribution is 2.25. The second-order valence-electron chi connectivity index (χ2n) is 3.89. The summed E-state index contributed by atoms with van der Waals surface area (Å²) < 4.78 is 5.17. The predicted molar refractivity (Wildman–Crippen MR) is 52.7 cm³/mol. The fraction of sp³-hybridized carbons (Fsp3) is 0.667. The highest BCUT2D eigenvalue weighted by Gasteiger charge is 2.32. The van der Waals surface area contributed by atoms with E-state index in [0.29, 0.717) is 5.41 Å². The normalized spacial score (nSPS) is 19.8. The van der Waals surface area contributed by atoms with Gasteiger partial charge in [-0.25, -0.2) is 4.98 Å². The molecule has 3 nitrogen and oxygen atoms in total. The molecule has 1 aliphatic heterocycles. The zero-order valence-electron chi connectivity index (χ0n) is 7.75. The van der Waals surface area contributed by atoms with Crippen molar-refractivity contribution in [3.8, 4) is 0 Å². The summed E-state index contributed by atoms with van der Waals surface area (Å²) in [6, 6.07) is 0. The summed E-state index contributed by atoms with van der Waals surface area (Å²) >= 11 is 1.64. The molecule has 1 aliphatic rings. The Morgan fingerprint density at radius 3 is 3.08 bits per heavy atom. The van der Waals surface area contributed by atoms with E-state index in [1.54, 1.807) is 11.3 Å². The molecule has 1 aromatic rings. The molecule has 72 valence electrons. The second-order valence-corrected chi connectivity index (χ2v) is 4.61. The van der Waals surface area contributed by atoms with Crippen LogP contribution in [0, 0.1) is 5.41 Å². The summed E-state index contributed by atoms with van der Waals surface area (Å²) in [7, 11) is 0. The van der Waals surface area contributed by atoms with Gasteiger partial charge >= 0.3 is 0 Å². The maximum Gasteiger partial charge on any atom is 0.0795 e. The molecule has 1 N–H and O–H groups in total. The Hall–Kier alpha value is -0.450. The first-order chi connectivity index (χ1) is 6.29. The minimum absolute atomic E-state index is 0.357. The first kappa shape index (κ1) is 9.12. The van der Waals surface area contributed by atoms with Gasteiger partial charge in [-0.1, -0.05) is 6.92 Å². The van der Waals surface area contributed by atoms with E-state index in [4.69, 9.17) is 4.74 Å². The molecule has 0 atom stereocenters. The molecule has 0 amide bonds. The third kappa shape index (κ3) is 2.27. The van der Waals surface area contributed by atoms with Gasteiger partial charge in [-0.3, -0.25) is 0 Å². The van der Waals surface area contributed by atoms with Crippen molar-refractivity contribution in [1.29, 1.82) is 0 Å². The van der Waals surface area contributed by atoms with Gasteiger partial charge in [0.25, 0.3) is 0 Å². The summed E-state index contributed by atoms with van der Waals surface area (Å²) in [5.41, 5.74) is 3.36. The summed E-state index contributed by atoms with van der Waals surface area (Å²) in [5, 5.41) is 5.47. The molecule has 1 saturated heterocycles. The SMILES string of the molecule is CC1(CNCc2cscn2)COC1. The Bertz CT molecular complexity index is 257. The van der Waals surface area contributed by atoms with Crippen LogP contribution < -0.4 is 5.32 Å². The number of aromatic nitrogens is 1. The number of ether oxygens (including phenoxy) is 1. The smallest absolute Gasteiger partial charge is 0.0795 e. The molecule has 0 aromatic carbocycles. The molecule has 0 unspecified atom stereocenters. The largest absolute Gasteiger partial charge is 0.380 e. The van der Waals surface area contributed by atoms with Crippen LogP contribution in [0.15, 0.2) is 10.9 Å². The van der Waals surface area contributed by atoms with Crippen LogP contribution in [0.25, 0.3) is 0 Å². The lowest BCUT2D eigenvalue weighted by Crippen LogP contribution is -2.47. The van der Waals surface area contributed by atoms with Gasteiger partial charge in [0.2, 0.25) is 0 Å². The van der Waals surface area contributed by atoms with Crippen LogP contribution in [0.4, 0.5) is 0 Å². The van der Waals surface area contributed by atoms with E-state index in [9.17, 15) is 0 Å². The molecule has 2 heterocycles. The van der Waals surface area contributed by atoms with Crippen LogP contribution in [0.1, 0.15) is 12.6 Å². The van der Waals surface area contributed by atoms with Gasteiger partial charge in [-0.2, -0.15) is 0 Å². The molecule has 0 bridgehead atoms. The summed E-state index contributed by atoms with van der Waals surface area (Å²) in [4.78, 5) is 4.20. The van der Waals surface area contributed by atoms with Gasteiger partial charge in [0, 0.05) is 23.9 Å². The molecular formula is C9H14N2OS. The number of nitrogens with zero attached hydrogens (tertiary/aromatic N) is 1. The van der Waals surface area contributed by atoms with Crippen LogP contribution in [0.5, 0.6) is 0 Å². The molecule has 4 heteroatoms. The van der Waals surface area contributed by atoms with E-state index >= 15 is 0 Å². The van der Waals surface area contributed by atoms with Gasteiger partial charge in [0.15, 0.2) is 0 Å². The van der Waals surface area contributed by atoms with E-state index in [-0.39, 0.29) is 0 Å². The van der Waals surface area contributed by atoms with Crippen LogP contribution in [0.3, 0.4) is 0 Å². The Balaban J connectivity index is 1.69. The number of hydrogen-bond acceptors (Lipinski definition) is 4. The summed E-state index contributed by atoms with van der Waals surface area (Å²) in [6.45, 7) is 5.91. The zero-order valence-corrected chi connectivity index (χ0v) is 8.56. The molecule has 1 aromatic heterocycles. The van der Waals surface area contributed by atoms with E-state index in [1.807, 2.05) is 5.51 Å². The molecule has 2 rings (SSSR count). The summed E-state index contributed by atoms with van der Waals surface area (Å²) in [6.07, 6.45) is 0. The van der Waals surface area contributed by atoms with Gasteiger partial charge in [0.05, 0.1) is 24.4 Å². The molecular weight excluding hydrogens is 184 g/mol. The van der Waals surface area contributed by atoms with Crippen molar-refractivity contribution in [2.75, 3.05) is 19.8 Å². The molecule has 13 heavy (non-hydrogen) atoms. The van der Waals surface area contributed by atoms with Crippen molar-refractivity contribution in [1.82, 2.24) is 10.3 Å². The third-order valence-electron chi connectivity index (χ3n) is 2.24. The number of thiazole rings is 1. The highest BCUT2D eigenvalue weighted by atomic mass is 32.1. The Morgan fingerprint density at radius 2 is 2.54 bits per heavy atom. The summed E-state index contributed by atoms with van der Waals surface area (Å²) in [5.74, 6) is 0. The van der Waals surface area contributed by atoms with E-state index in [0.717, 1.165) is 32.0 Å². The highest BCUT2D eigenvalue weighted by molar-refractivity contribution is 7.07. The number of nitrogens with one attached hydrogen (secondary N) is 1. The first-order valence-electron chi connectivity index (χ1n) is 4.44. The van der Waals surface area contributed by atoms with Crippen molar-refractivity contribution in [2.45, 2.75) is 13.5 Å². The quantitative estimate of drug-likeness (QED) is 0.791. The maximum atomic E-state index is 5.17. The Kier molecular flexibility index (Phi) is 2.62. The van der Waals surface area contributed by atoms with E-state index in [2.05, 4.69) is 22.6 Å². The topological polar surface area (TPSA) is 34.2 Å². The lowest BCUT2D eigenvalue weighted by molar-refractivity contribution is -0.0991. The lowest BCUT2D eigenvalue weighted by Gasteiger charge is -2.38. The molecule has 0 radical (unpaired) electrons. The average Bonchev–Trinajstić information content (AvgIpc) is 2.54. The Labute approximate surface area is 82.1 Å². The van der Waals surface area contributed by atoms with Crippen LogP contribution in [-0.2, 0) is 11.3 Å². The van der Waals surface area contributed by atoms with Crippen LogP contribution in [0.2, 0.25) is 0 Å². The molecule has 1 fully saturated rings. The van der Waals surface area contributed by atoms with Crippen LogP contribution in [-0.4, -0.2) is 24.7 Å². The maximum absolute atomic E-state index is 5.17. The minimum Gasteiger partial charge on any atom is -0.380 e. The number of rotatable bonds is 4. The minimum atomic E-state index is 0.357. The molecule has 0 spiro atoms.